The van der Waals surface area contributed by atoms with E-state index in [9.17, 15) is 19.1 Å². The molecule has 5 heteroatoms. The maximum Gasteiger partial charge on any atom is 0.335 e. The first-order chi connectivity index (χ1) is 12.9. The molecule has 2 aromatic rings. The van der Waals surface area contributed by atoms with Crippen molar-refractivity contribution < 1.29 is 19.1 Å². The zero-order chi connectivity index (χ0) is 19.2. The Bertz CT molecular complexity index is 939. The number of carboxylic acids is 1. The molecule has 27 heavy (non-hydrogen) atoms. The number of rotatable bonds is 3. The summed E-state index contributed by atoms with van der Waals surface area (Å²) in [6.07, 6.45) is 2.91. The van der Waals surface area contributed by atoms with E-state index < -0.39 is 11.4 Å². The zero-order valence-corrected chi connectivity index (χ0v) is 15.3. The summed E-state index contributed by atoms with van der Waals surface area (Å²) in [5, 5.41) is 9.24. The van der Waals surface area contributed by atoms with Crippen LogP contribution in [0.3, 0.4) is 0 Å². The molecule has 0 saturated carbocycles. The van der Waals surface area contributed by atoms with Crippen molar-refractivity contribution in [2.24, 2.45) is 5.41 Å². The fraction of sp³-hybridized carbons (Fsp3) is 0.364. The topological polar surface area (TPSA) is 57.6 Å². The van der Waals surface area contributed by atoms with Crippen LogP contribution in [0.4, 0.5) is 4.39 Å². The first kappa shape index (κ1) is 17.7. The zero-order valence-electron chi connectivity index (χ0n) is 15.3. The predicted molar refractivity (Wildman–Crippen MR) is 99.0 cm³/mol. The van der Waals surface area contributed by atoms with Gasteiger partial charge in [-0.25, -0.2) is 9.18 Å². The first-order valence-corrected chi connectivity index (χ1v) is 9.27. The molecule has 1 N–H and O–H groups in total. The molecule has 2 aliphatic rings. The van der Waals surface area contributed by atoms with E-state index in [2.05, 4.69) is 0 Å². The van der Waals surface area contributed by atoms with Crippen molar-refractivity contribution in [3.63, 3.8) is 0 Å². The second-order valence-corrected chi connectivity index (χ2v) is 7.81. The summed E-state index contributed by atoms with van der Waals surface area (Å²) >= 11 is 0. The normalized spacial score (nSPS) is 21.6. The molecule has 2 aromatic carbocycles. The molecule has 1 heterocycles. The van der Waals surface area contributed by atoms with Crippen LogP contribution in [0.15, 0.2) is 36.4 Å². The number of halogens is 1. The van der Waals surface area contributed by atoms with Crippen LogP contribution in [0, 0.1) is 18.2 Å². The molecule has 1 atom stereocenters. The fourth-order valence-corrected chi connectivity index (χ4v) is 4.39. The lowest BCUT2D eigenvalue weighted by molar-refractivity contribution is -0.137. The summed E-state index contributed by atoms with van der Waals surface area (Å²) in [6.45, 7) is 2.79. The van der Waals surface area contributed by atoms with Crippen molar-refractivity contribution in [2.45, 2.75) is 39.2 Å². The van der Waals surface area contributed by atoms with E-state index in [1.54, 1.807) is 25.1 Å². The molecule has 1 aliphatic heterocycles. The average molecular weight is 367 g/mol. The van der Waals surface area contributed by atoms with Gasteiger partial charge in [0.2, 0.25) is 5.91 Å². The Morgan fingerprint density at radius 1 is 1.19 bits per heavy atom. The number of carbonyl (C=O) groups excluding carboxylic acids is 1. The van der Waals surface area contributed by atoms with E-state index in [4.69, 9.17) is 0 Å². The Kier molecular flexibility index (Phi) is 4.25. The van der Waals surface area contributed by atoms with Gasteiger partial charge in [-0.2, -0.15) is 0 Å². The minimum absolute atomic E-state index is 0.106. The Hall–Kier alpha value is -2.69. The molecule has 1 saturated heterocycles. The van der Waals surface area contributed by atoms with Crippen LogP contribution in [0.1, 0.15) is 45.5 Å². The van der Waals surface area contributed by atoms with Gasteiger partial charge in [0.15, 0.2) is 0 Å². The van der Waals surface area contributed by atoms with E-state index in [1.165, 1.54) is 6.07 Å². The van der Waals surface area contributed by atoms with Crippen LogP contribution in [0.25, 0.3) is 0 Å². The highest BCUT2D eigenvalue weighted by Gasteiger charge is 2.48. The van der Waals surface area contributed by atoms with Crippen LogP contribution < -0.4 is 0 Å². The number of benzene rings is 2. The van der Waals surface area contributed by atoms with Gasteiger partial charge < -0.3 is 10.0 Å². The highest BCUT2D eigenvalue weighted by Crippen LogP contribution is 2.44. The SMILES string of the molecule is Cc1ccc(CN2CC[C@]3(CCc4ccc(C(=O)O)cc4C3)C2=O)cc1F. The molecule has 4 rings (SSSR count). The van der Waals surface area contributed by atoms with Gasteiger partial charge in [0, 0.05) is 13.1 Å². The number of carbonyl (C=O) groups is 2. The Morgan fingerprint density at radius 3 is 2.74 bits per heavy atom. The third kappa shape index (κ3) is 3.11. The van der Waals surface area contributed by atoms with E-state index in [0.717, 1.165) is 36.0 Å². The van der Waals surface area contributed by atoms with Gasteiger partial charge in [-0.05, 0) is 73.1 Å². The highest BCUT2D eigenvalue weighted by atomic mass is 19.1. The molecule has 4 nitrogen and oxygen atoms in total. The Morgan fingerprint density at radius 2 is 2.00 bits per heavy atom. The van der Waals surface area contributed by atoms with Gasteiger partial charge in [0.25, 0.3) is 0 Å². The molecule has 1 amide bonds. The van der Waals surface area contributed by atoms with Gasteiger partial charge in [-0.15, -0.1) is 0 Å². The Labute approximate surface area is 157 Å². The first-order valence-electron chi connectivity index (χ1n) is 9.27. The van der Waals surface area contributed by atoms with Crippen LogP contribution in [0.5, 0.6) is 0 Å². The third-order valence-corrected chi connectivity index (χ3v) is 6.07. The lowest BCUT2D eigenvalue weighted by atomic mass is 9.70. The number of hydrogen-bond acceptors (Lipinski definition) is 2. The minimum Gasteiger partial charge on any atom is -0.478 e. The summed E-state index contributed by atoms with van der Waals surface area (Å²) in [7, 11) is 0. The fourth-order valence-electron chi connectivity index (χ4n) is 4.39. The van der Waals surface area contributed by atoms with Crippen molar-refractivity contribution in [3.05, 3.63) is 70.0 Å². The molecule has 140 valence electrons. The van der Waals surface area contributed by atoms with Crippen LogP contribution in [-0.4, -0.2) is 28.4 Å². The van der Waals surface area contributed by atoms with Gasteiger partial charge in [0.1, 0.15) is 5.82 Å². The largest absolute Gasteiger partial charge is 0.478 e. The maximum absolute atomic E-state index is 13.8. The third-order valence-electron chi connectivity index (χ3n) is 6.07. The number of nitrogens with zero attached hydrogens (tertiary/aromatic N) is 1. The summed E-state index contributed by atoms with van der Waals surface area (Å²) in [5.74, 6) is -1.09. The number of likely N-dealkylation sites (tertiary alicyclic amines) is 1. The predicted octanol–water partition coefficient (Wildman–Crippen LogP) is 3.74. The monoisotopic (exact) mass is 367 g/mol. The maximum atomic E-state index is 13.8. The van der Waals surface area contributed by atoms with Crippen LogP contribution in [0.2, 0.25) is 0 Å². The van der Waals surface area contributed by atoms with Crippen LogP contribution >= 0.6 is 0 Å². The van der Waals surface area contributed by atoms with Crippen molar-refractivity contribution in [1.29, 1.82) is 0 Å². The minimum atomic E-state index is -0.946. The van der Waals surface area contributed by atoms with E-state index >= 15 is 0 Å². The molecular weight excluding hydrogens is 345 g/mol. The summed E-state index contributed by atoms with van der Waals surface area (Å²) in [4.78, 5) is 26.3. The molecule has 1 spiro atoms. The number of carboxylic acid groups (broad SMARTS) is 1. The second kappa shape index (κ2) is 6.48. The summed E-state index contributed by atoms with van der Waals surface area (Å²) < 4.78 is 13.8. The van der Waals surface area contributed by atoms with E-state index in [1.807, 2.05) is 17.0 Å². The van der Waals surface area contributed by atoms with Crippen molar-refractivity contribution in [1.82, 2.24) is 4.90 Å². The lowest BCUT2D eigenvalue weighted by Gasteiger charge is -2.33. The highest BCUT2D eigenvalue weighted by molar-refractivity contribution is 5.88. The number of aromatic carboxylic acids is 1. The number of amides is 1. The van der Waals surface area contributed by atoms with Gasteiger partial charge in [0.05, 0.1) is 11.0 Å². The molecular formula is C22H22FNO3. The molecule has 0 aromatic heterocycles. The molecule has 0 bridgehead atoms. The number of aryl methyl sites for hydroxylation is 2. The number of fused-ring (bicyclic) bond motifs is 1. The second-order valence-electron chi connectivity index (χ2n) is 7.81. The van der Waals surface area contributed by atoms with E-state index in [-0.39, 0.29) is 17.3 Å². The number of hydrogen-bond donors (Lipinski definition) is 1. The van der Waals surface area contributed by atoms with Crippen molar-refractivity contribution >= 4 is 11.9 Å². The van der Waals surface area contributed by atoms with Crippen molar-refractivity contribution in [2.75, 3.05) is 6.54 Å². The quantitative estimate of drug-likeness (QED) is 0.899. The summed E-state index contributed by atoms with van der Waals surface area (Å²) in [5.41, 5.74) is 3.32. The molecule has 1 fully saturated rings. The van der Waals surface area contributed by atoms with Crippen molar-refractivity contribution in [3.8, 4) is 0 Å². The smallest absolute Gasteiger partial charge is 0.335 e. The lowest BCUT2D eigenvalue weighted by Crippen LogP contribution is -2.38. The summed E-state index contributed by atoms with van der Waals surface area (Å²) in [6, 6.07) is 10.3. The van der Waals surface area contributed by atoms with Crippen LogP contribution in [-0.2, 0) is 24.2 Å². The van der Waals surface area contributed by atoms with Gasteiger partial charge in [-0.1, -0.05) is 18.2 Å². The average Bonchev–Trinajstić information content (AvgIpc) is 2.93. The molecule has 0 unspecified atom stereocenters. The Balaban J connectivity index is 1.55. The molecule has 0 radical (unpaired) electrons. The van der Waals surface area contributed by atoms with E-state index in [0.29, 0.717) is 25.1 Å². The van der Waals surface area contributed by atoms with Gasteiger partial charge in [-0.3, -0.25) is 4.79 Å². The standard InChI is InChI=1S/C22H22FNO3/c1-14-2-3-15(10-19(14)23)13-24-9-8-22(21(24)27)7-6-16-4-5-17(20(25)26)11-18(16)12-22/h2-5,10-11H,6-9,12-13H2,1H3,(H,25,26)/t22-/m0/s1. The molecule has 1 aliphatic carbocycles. The van der Waals surface area contributed by atoms with Gasteiger partial charge >= 0.3 is 5.97 Å².